The van der Waals surface area contributed by atoms with Crippen molar-refractivity contribution in [2.45, 2.75) is 109 Å². The van der Waals surface area contributed by atoms with Crippen LogP contribution in [-0.2, 0) is 19.7 Å². The van der Waals surface area contributed by atoms with E-state index in [1.807, 2.05) is 24.3 Å². The lowest BCUT2D eigenvalue weighted by molar-refractivity contribution is -0.152. The third-order valence-corrected chi connectivity index (χ3v) is 8.27. The minimum Gasteiger partial charge on any atom is -0.464 e. The standard InChI is InChI=1S/C34H50O3/c1-4-6-7-8-9-10-11-12-13-14-15-16-21-28(5-2)26-37-33(35)34(27-36-3)31-24-19-17-22-29(31)30-23-18-20-25-32(30)34/h17-20,22-25,28H,4-16,21,26-27H2,1-3H3. The van der Waals surface area contributed by atoms with Gasteiger partial charge in [-0.3, -0.25) is 4.79 Å². The Labute approximate surface area is 226 Å². The lowest BCUT2D eigenvalue weighted by Gasteiger charge is -2.29. The third-order valence-electron chi connectivity index (χ3n) is 8.27. The Morgan fingerprint density at radius 1 is 0.730 bits per heavy atom. The van der Waals surface area contributed by atoms with Crippen molar-refractivity contribution in [2.24, 2.45) is 5.92 Å². The molecule has 1 aliphatic carbocycles. The van der Waals surface area contributed by atoms with E-state index in [-0.39, 0.29) is 12.6 Å². The summed E-state index contributed by atoms with van der Waals surface area (Å²) in [4.78, 5) is 13.8. The number of fused-ring (bicyclic) bond motifs is 3. The number of hydrogen-bond donors (Lipinski definition) is 0. The van der Waals surface area contributed by atoms with E-state index in [1.54, 1.807) is 7.11 Å². The van der Waals surface area contributed by atoms with Gasteiger partial charge in [-0.1, -0.05) is 146 Å². The maximum Gasteiger partial charge on any atom is 0.323 e. The fourth-order valence-electron chi connectivity index (χ4n) is 5.97. The molecule has 0 spiro atoms. The normalized spacial score (nSPS) is 14.2. The van der Waals surface area contributed by atoms with Gasteiger partial charge in [0.2, 0.25) is 0 Å². The van der Waals surface area contributed by atoms with Gasteiger partial charge in [-0.15, -0.1) is 0 Å². The zero-order valence-corrected chi connectivity index (χ0v) is 23.7. The Balaban J connectivity index is 1.44. The molecule has 0 aliphatic heterocycles. The number of unbranched alkanes of at least 4 members (excludes halogenated alkanes) is 11. The van der Waals surface area contributed by atoms with E-state index < -0.39 is 5.41 Å². The van der Waals surface area contributed by atoms with Crippen LogP contribution >= 0.6 is 0 Å². The lowest BCUT2D eigenvalue weighted by Crippen LogP contribution is -2.41. The Hall–Kier alpha value is -2.13. The lowest BCUT2D eigenvalue weighted by atomic mass is 9.79. The van der Waals surface area contributed by atoms with Crippen LogP contribution in [-0.4, -0.2) is 26.3 Å². The van der Waals surface area contributed by atoms with E-state index in [0.717, 1.165) is 35.1 Å². The molecule has 0 radical (unpaired) electrons. The van der Waals surface area contributed by atoms with Crippen LogP contribution in [0.4, 0.5) is 0 Å². The van der Waals surface area contributed by atoms with Crippen molar-refractivity contribution in [3.8, 4) is 11.1 Å². The van der Waals surface area contributed by atoms with E-state index in [1.165, 1.54) is 77.0 Å². The molecule has 1 unspecified atom stereocenters. The number of ether oxygens (including phenoxy) is 2. The molecule has 0 bridgehead atoms. The predicted octanol–water partition coefficient (Wildman–Crippen LogP) is 9.26. The van der Waals surface area contributed by atoms with Crippen LogP contribution in [0.5, 0.6) is 0 Å². The van der Waals surface area contributed by atoms with E-state index in [0.29, 0.717) is 12.5 Å². The van der Waals surface area contributed by atoms with Gasteiger partial charge in [0.1, 0.15) is 5.41 Å². The summed E-state index contributed by atoms with van der Waals surface area (Å²) in [5, 5.41) is 0. The molecule has 2 aromatic rings. The summed E-state index contributed by atoms with van der Waals surface area (Å²) in [6, 6.07) is 16.4. The summed E-state index contributed by atoms with van der Waals surface area (Å²) in [6.45, 7) is 5.27. The summed E-state index contributed by atoms with van der Waals surface area (Å²) in [5.74, 6) is 0.235. The molecule has 3 rings (SSSR count). The summed E-state index contributed by atoms with van der Waals surface area (Å²) < 4.78 is 11.7. The number of esters is 1. The average molecular weight is 507 g/mol. The summed E-state index contributed by atoms with van der Waals surface area (Å²) in [6.07, 6.45) is 18.5. The molecule has 0 amide bonds. The molecule has 204 valence electrons. The zero-order chi connectivity index (χ0) is 26.3. The van der Waals surface area contributed by atoms with Gasteiger partial charge < -0.3 is 9.47 Å². The van der Waals surface area contributed by atoms with Crippen LogP contribution in [0.2, 0.25) is 0 Å². The van der Waals surface area contributed by atoms with Crippen molar-refractivity contribution in [2.75, 3.05) is 20.3 Å². The van der Waals surface area contributed by atoms with E-state index >= 15 is 0 Å². The summed E-state index contributed by atoms with van der Waals surface area (Å²) >= 11 is 0. The van der Waals surface area contributed by atoms with E-state index in [9.17, 15) is 4.79 Å². The molecule has 37 heavy (non-hydrogen) atoms. The predicted molar refractivity (Wildman–Crippen MR) is 155 cm³/mol. The first-order valence-electron chi connectivity index (χ1n) is 15.0. The highest BCUT2D eigenvalue weighted by Gasteiger charge is 2.50. The summed E-state index contributed by atoms with van der Waals surface area (Å²) in [5.41, 5.74) is 3.32. The molecular formula is C34H50O3. The highest BCUT2D eigenvalue weighted by molar-refractivity contribution is 5.98. The maximum atomic E-state index is 13.8. The number of methoxy groups -OCH3 is 1. The molecule has 1 atom stereocenters. The van der Waals surface area contributed by atoms with Gasteiger partial charge in [0.15, 0.2) is 0 Å². The SMILES string of the molecule is CCCCCCCCCCCCCCC(CC)COC(=O)C1(COC)c2ccccc2-c2ccccc21. The molecule has 0 saturated heterocycles. The second-order valence-corrected chi connectivity index (χ2v) is 11.0. The van der Waals surface area contributed by atoms with Crippen LogP contribution in [0.25, 0.3) is 11.1 Å². The highest BCUT2D eigenvalue weighted by atomic mass is 16.5. The first-order valence-corrected chi connectivity index (χ1v) is 15.0. The van der Waals surface area contributed by atoms with Gasteiger partial charge in [-0.25, -0.2) is 0 Å². The monoisotopic (exact) mass is 506 g/mol. The molecular weight excluding hydrogens is 456 g/mol. The Morgan fingerprint density at radius 2 is 1.22 bits per heavy atom. The summed E-state index contributed by atoms with van der Waals surface area (Å²) in [7, 11) is 1.67. The fourth-order valence-corrected chi connectivity index (χ4v) is 5.97. The smallest absolute Gasteiger partial charge is 0.323 e. The van der Waals surface area contributed by atoms with Gasteiger partial charge >= 0.3 is 5.97 Å². The van der Waals surface area contributed by atoms with Crippen LogP contribution in [0, 0.1) is 5.92 Å². The minimum absolute atomic E-state index is 0.181. The fraction of sp³-hybridized carbons (Fsp3) is 0.618. The Morgan fingerprint density at radius 3 is 1.70 bits per heavy atom. The van der Waals surface area contributed by atoms with Crippen LogP contribution in [0.3, 0.4) is 0 Å². The van der Waals surface area contributed by atoms with Crippen molar-refractivity contribution in [3.05, 3.63) is 59.7 Å². The van der Waals surface area contributed by atoms with Crippen LogP contribution < -0.4 is 0 Å². The molecule has 1 aliphatic rings. The Bertz CT molecular complexity index is 889. The molecule has 2 aromatic carbocycles. The first-order chi connectivity index (χ1) is 18.2. The number of hydrogen-bond acceptors (Lipinski definition) is 3. The van der Waals surface area contributed by atoms with Crippen LogP contribution in [0.15, 0.2) is 48.5 Å². The maximum absolute atomic E-state index is 13.8. The molecule has 0 heterocycles. The Kier molecular flexibility index (Phi) is 12.7. The van der Waals surface area contributed by atoms with Crippen molar-refractivity contribution < 1.29 is 14.3 Å². The second kappa shape index (κ2) is 16.0. The van der Waals surface area contributed by atoms with Crippen molar-refractivity contribution in [1.29, 1.82) is 0 Å². The van der Waals surface area contributed by atoms with E-state index in [2.05, 4.69) is 38.1 Å². The minimum atomic E-state index is -0.893. The second-order valence-electron chi connectivity index (χ2n) is 11.0. The van der Waals surface area contributed by atoms with Crippen molar-refractivity contribution in [3.63, 3.8) is 0 Å². The molecule has 0 fully saturated rings. The van der Waals surface area contributed by atoms with Gasteiger partial charge in [0.25, 0.3) is 0 Å². The average Bonchev–Trinajstić information content (AvgIpc) is 3.22. The molecule has 3 heteroatoms. The molecule has 0 N–H and O–H groups in total. The molecule has 0 saturated carbocycles. The van der Waals surface area contributed by atoms with Gasteiger partial charge in [0.05, 0.1) is 13.2 Å². The topological polar surface area (TPSA) is 35.5 Å². The van der Waals surface area contributed by atoms with Gasteiger partial charge in [-0.05, 0) is 34.6 Å². The third kappa shape index (κ3) is 7.69. The largest absolute Gasteiger partial charge is 0.464 e. The number of carbonyl (C=O) groups excluding carboxylic acids is 1. The quantitative estimate of drug-likeness (QED) is 0.141. The highest BCUT2D eigenvalue weighted by Crippen LogP contribution is 2.49. The zero-order valence-electron chi connectivity index (χ0n) is 23.7. The molecule has 0 aromatic heterocycles. The van der Waals surface area contributed by atoms with Gasteiger partial charge in [-0.2, -0.15) is 0 Å². The number of rotatable bonds is 19. The van der Waals surface area contributed by atoms with Crippen molar-refractivity contribution in [1.82, 2.24) is 0 Å². The van der Waals surface area contributed by atoms with Crippen LogP contribution in [0.1, 0.15) is 115 Å². The van der Waals surface area contributed by atoms with Crippen molar-refractivity contribution >= 4 is 5.97 Å². The number of benzene rings is 2. The first kappa shape index (κ1) is 29.4. The molecule has 3 nitrogen and oxygen atoms in total. The van der Waals surface area contributed by atoms with E-state index in [4.69, 9.17) is 9.47 Å². The number of carbonyl (C=O) groups is 1. The van der Waals surface area contributed by atoms with Gasteiger partial charge in [0, 0.05) is 7.11 Å².